The lowest BCUT2D eigenvalue weighted by atomic mass is 10.1. The van der Waals surface area contributed by atoms with E-state index in [9.17, 15) is 9.90 Å². The van der Waals surface area contributed by atoms with Gasteiger partial charge in [0, 0.05) is 29.8 Å². The minimum atomic E-state index is -0.312. The number of aromatic nitrogens is 2. The Balaban J connectivity index is 1.85. The Labute approximate surface area is 150 Å². The summed E-state index contributed by atoms with van der Waals surface area (Å²) in [6.45, 7) is 1.31. The zero-order valence-corrected chi connectivity index (χ0v) is 14.2. The minimum absolute atomic E-state index is 0.126. The Morgan fingerprint density at radius 1 is 1.23 bits per heavy atom. The molecule has 0 aliphatic carbocycles. The number of nitrogens with zero attached hydrogens (tertiary/aromatic N) is 3. The van der Waals surface area contributed by atoms with Gasteiger partial charge < -0.3 is 9.84 Å². The van der Waals surface area contributed by atoms with E-state index in [2.05, 4.69) is 9.98 Å². The Bertz CT molecular complexity index is 1010. The molecule has 0 radical (unpaired) electrons. The highest BCUT2D eigenvalue weighted by Crippen LogP contribution is 2.25. The van der Waals surface area contributed by atoms with Crippen molar-refractivity contribution in [1.82, 2.24) is 9.55 Å². The summed E-state index contributed by atoms with van der Waals surface area (Å²) in [5.74, 6) is 0.206. The van der Waals surface area contributed by atoms with Crippen molar-refractivity contribution in [2.45, 2.75) is 18.9 Å². The van der Waals surface area contributed by atoms with Crippen molar-refractivity contribution in [3.8, 4) is 11.7 Å². The molecule has 4 rings (SSSR count). The molecule has 1 atom stereocenters. The van der Waals surface area contributed by atoms with Crippen molar-refractivity contribution in [2.75, 3.05) is 13.2 Å². The maximum Gasteiger partial charge on any atom is 0.267 e. The van der Waals surface area contributed by atoms with Gasteiger partial charge in [0.15, 0.2) is 0 Å². The predicted octanol–water partition coefficient (Wildman–Crippen LogP) is 2.69. The highest BCUT2D eigenvalue weighted by atomic mass is 16.5. The fourth-order valence-corrected chi connectivity index (χ4v) is 3.24. The van der Waals surface area contributed by atoms with E-state index in [1.54, 1.807) is 42.7 Å². The third-order valence-electron chi connectivity index (χ3n) is 4.54. The molecule has 1 aliphatic rings. The molecule has 1 aliphatic heterocycles. The normalized spacial score (nSPS) is 17.3. The van der Waals surface area contributed by atoms with Gasteiger partial charge in [0.25, 0.3) is 5.56 Å². The van der Waals surface area contributed by atoms with Gasteiger partial charge in [0.05, 0.1) is 18.2 Å². The molecule has 2 aromatic heterocycles. The van der Waals surface area contributed by atoms with Crippen LogP contribution in [-0.2, 0) is 4.74 Å². The van der Waals surface area contributed by atoms with Gasteiger partial charge >= 0.3 is 0 Å². The summed E-state index contributed by atoms with van der Waals surface area (Å²) in [4.78, 5) is 21.5. The quantitative estimate of drug-likeness (QED) is 0.735. The van der Waals surface area contributed by atoms with Crippen LogP contribution in [-0.4, -0.2) is 40.1 Å². The molecular formula is C20H19N3O3. The van der Waals surface area contributed by atoms with E-state index in [1.807, 2.05) is 12.1 Å². The van der Waals surface area contributed by atoms with Crippen molar-refractivity contribution in [2.24, 2.45) is 4.99 Å². The predicted molar refractivity (Wildman–Crippen MR) is 100 cm³/mol. The van der Waals surface area contributed by atoms with Crippen molar-refractivity contribution >= 4 is 17.0 Å². The average molecular weight is 349 g/mol. The third kappa shape index (κ3) is 2.99. The maximum absolute atomic E-state index is 12.9. The van der Waals surface area contributed by atoms with Gasteiger partial charge in [-0.25, -0.2) is 9.55 Å². The summed E-state index contributed by atoms with van der Waals surface area (Å²) in [7, 11) is 0. The first-order valence-electron chi connectivity index (χ1n) is 8.65. The SMILES string of the molecule is O=c1c2ccccc2c(C=NC[C@H]2CCCO2)c(O)n1-c1ccccn1. The first kappa shape index (κ1) is 16.5. The molecule has 1 N–H and O–H groups in total. The zero-order chi connectivity index (χ0) is 17.9. The number of benzene rings is 1. The molecule has 0 spiro atoms. The molecule has 6 nitrogen and oxygen atoms in total. The van der Waals surface area contributed by atoms with Crippen molar-refractivity contribution < 1.29 is 9.84 Å². The number of ether oxygens (including phenoxy) is 1. The van der Waals surface area contributed by atoms with Crippen LogP contribution in [0.4, 0.5) is 0 Å². The summed E-state index contributed by atoms with van der Waals surface area (Å²) < 4.78 is 6.80. The second-order valence-corrected chi connectivity index (χ2v) is 6.24. The summed E-state index contributed by atoms with van der Waals surface area (Å²) in [6, 6.07) is 12.4. The van der Waals surface area contributed by atoms with Gasteiger partial charge in [-0.3, -0.25) is 9.79 Å². The molecule has 132 valence electrons. The fourth-order valence-electron chi connectivity index (χ4n) is 3.24. The summed E-state index contributed by atoms with van der Waals surface area (Å²) >= 11 is 0. The van der Waals surface area contributed by atoms with Crippen LogP contribution in [0.15, 0.2) is 58.4 Å². The Hall–Kier alpha value is -2.99. The minimum Gasteiger partial charge on any atom is -0.494 e. The maximum atomic E-state index is 12.9. The highest BCUT2D eigenvalue weighted by Gasteiger charge is 2.17. The van der Waals surface area contributed by atoms with Crippen LogP contribution < -0.4 is 5.56 Å². The molecule has 1 saturated heterocycles. The molecule has 6 heteroatoms. The lowest BCUT2D eigenvalue weighted by Crippen LogP contribution is -2.21. The van der Waals surface area contributed by atoms with Gasteiger partial charge in [-0.2, -0.15) is 0 Å². The van der Waals surface area contributed by atoms with Gasteiger partial charge in [-0.1, -0.05) is 24.3 Å². The van der Waals surface area contributed by atoms with Gasteiger partial charge in [-0.15, -0.1) is 0 Å². The first-order valence-corrected chi connectivity index (χ1v) is 8.65. The first-order chi connectivity index (χ1) is 12.8. The number of aromatic hydroxyl groups is 1. The van der Waals surface area contributed by atoms with E-state index in [0.29, 0.717) is 28.7 Å². The molecule has 26 heavy (non-hydrogen) atoms. The molecule has 1 aromatic carbocycles. The Morgan fingerprint density at radius 2 is 2.04 bits per heavy atom. The number of hydrogen-bond acceptors (Lipinski definition) is 5. The number of pyridine rings is 2. The Morgan fingerprint density at radius 3 is 2.77 bits per heavy atom. The fraction of sp³-hybridized carbons (Fsp3) is 0.250. The lowest BCUT2D eigenvalue weighted by Gasteiger charge is -2.13. The average Bonchev–Trinajstić information content (AvgIpc) is 3.19. The van der Waals surface area contributed by atoms with Crippen LogP contribution in [0.1, 0.15) is 18.4 Å². The van der Waals surface area contributed by atoms with E-state index < -0.39 is 0 Å². The largest absolute Gasteiger partial charge is 0.494 e. The standard InChI is InChI=1S/C20H19N3O3/c24-19-16-8-2-1-7-15(16)17(13-21-12-14-6-5-11-26-14)20(25)23(19)18-9-3-4-10-22-18/h1-4,7-10,13-14,25H,5-6,11-12H2/t14-/m1/s1. The molecule has 0 saturated carbocycles. The van der Waals surface area contributed by atoms with Crippen molar-refractivity contribution in [3.63, 3.8) is 0 Å². The molecule has 3 aromatic rings. The van der Waals surface area contributed by atoms with Crippen LogP contribution in [0.25, 0.3) is 16.6 Å². The molecule has 0 bridgehead atoms. The molecule has 0 unspecified atom stereocenters. The van der Waals surface area contributed by atoms with Crippen molar-refractivity contribution in [3.05, 3.63) is 64.6 Å². The summed E-state index contributed by atoms with van der Waals surface area (Å²) in [5.41, 5.74) is 0.192. The number of hydrogen-bond donors (Lipinski definition) is 1. The van der Waals surface area contributed by atoms with Crippen LogP contribution in [0.3, 0.4) is 0 Å². The smallest absolute Gasteiger partial charge is 0.267 e. The second-order valence-electron chi connectivity index (χ2n) is 6.24. The Kier molecular flexibility index (Phi) is 4.50. The number of rotatable bonds is 4. The van der Waals surface area contributed by atoms with Gasteiger partial charge in [0.1, 0.15) is 5.82 Å². The van der Waals surface area contributed by atoms with Gasteiger partial charge in [-0.05, 0) is 31.0 Å². The lowest BCUT2D eigenvalue weighted by molar-refractivity contribution is 0.118. The van der Waals surface area contributed by atoms with Crippen LogP contribution >= 0.6 is 0 Å². The molecule has 0 amide bonds. The van der Waals surface area contributed by atoms with E-state index in [1.165, 1.54) is 4.57 Å². The van der Waals surface area contributed by atoms with E-state index >= 15 is 0 Å². The topological polar surface area (TPSA) is 76.7 Å². The zero-order valence-electron chi connectivity index (χ0n) is 14.2. The van der Waals surface area contributed by atoms with Crippen LogP contribution in [0.5, 0.6) is 5.88 Å². The molecule has 1 fully saturated rings. The van der Waals surface area contributed by atoms with Crippen LogP contribution in [0.2, 0.25) is 0 Å². The highest BCUT2D eigenvalue weighted by molar-refractivity contribution is 6.01. The monoisotopic (exact) mass is 349 g/mol. The second kappa shape index (κ2) is 7.09. The molecule has 3 heterocycles. The van der Waals surface area contributed by atoms with E-state index in [4.69, 9.17) is 4.74 Å². The number of aliphatic imine (C=N–C) groups is 1. The molecular weight excluding hydrogens is 330 g/mol. The number of fused-ring (bicyclic) bond motifs is 1. The van der Waals surface area contributed by atoms with Gasteiger partial charge in [0.2, 0.25) is 5.88 Å². The van der Waals surface area contributed by atoms with E-state index in [-0.39, 0.29) is 17.5 Å². The van der Waals surface area contributed by atoms with E-state index in [0.717, 1.165) is 19.4 Å². The summed E-state index contributed by atoms with van der Waals surface area (Å²) in [5, 5.41) is 12.0. The van der Waals surface area contributed by atoms with Crippen LogP contribution in [0, 0.1) is 0 Å². The summed E-state index contributed by atoms with van der Waals surface area (Å²) in [6.07, 6.45) is 5.39. The third-order valence-corrected chi connectivity index (χ3v) is 4.54. The van der Waals surface area contributed by atoms with Crippen molar-refractivity contribution in [1.29, 1.82) is 0 Å².